The largest absolute Gasteiger partial charge is 0.318 e. The molecule has 0 amide bonds. The molecule has 2 atom stereocenters. The Morgan fingerprint density at radius 2 is 2.05 bits per heavy atom. The van der Waals surface area contributed by atoms with Crippen molar-refractivity contribution in [3.63, 3.8) is 0 Å². The molecule has 6 heteroatoms. The summed E-state index contributed by atoms with van der Waals surface area (Å²) in [5.74, 6) is -0.151. The molecule has 0 aliphatic heterocycles. The van der Waals surface area contributed by atoms with Gasteiger partial charge >= 0.3 is 0 Å². The first kappa shape index (κ1) is 18.4. The maximum atomic E-state index is 8.81. The summed E-state index contributed by atoms with van der Waals surface area (Å²) in [6.45, 7) is 12.8. The molecular formula is C13H24BN2O2P. The third-order valence-corrected chi connectivity index (χ3v) is 4.19. The first-order chi connectivity index (χ1) is 8.93. The summed E-state index contributed by atoms with van der Waals surface area (Å²) in [6, 6.07) is 2.39. The average molecular weight is 282 g/mol. The van der Waals surface area contributed by atoms with Crippen molar-refractivity contribution in [2.24, 2.45) is 5.92 Å². The van der Waals surface area contributed by atoms with Gasteiger partial charge in [-0.3, -0.25) is 0 Å². The van der Waals surface area contributed by atoms with Crippen LogP contribution < -0.4 is 0 Å². The van der Waals surface area contributed by atoms with E-state index in [9.17, 15) is 0 Å². The maximum absolute atomic E-state index is 8.81. The lowest BCUT2D eigenvalue weighted by Crippen LogP contribution is -2.26. The fourth-order valence-corrected chi connectivity index (χ4v) is 2.98. The molecular weight excluding hydrogens is 258 g/mol. The highest BCUT2D eigenvalue weighted by Gasteiger charge is 2.24. The van der Waals surface area contributed by atoms with Crippen LogP contribution in [0.2, 0.25) is 6.32 Å². The zero-order valence-corrected chi connectivity index (χ0v) is 13.3. The molecule has 0 heterocycles. The Morgan fingerprint density at radius 3 is 2.47 bits per heavy atom. The van der Waals surface area contributed by atoms with Crippen molar-refractivity contribution in [2.75, 3.05) is 13.2 Å². The predicted octanol–water partition coefficient (Wildman–Crippen LogP) is 3.63. The Bertz CT molecular complexity index is 308. The predicted molar refractivity (Wildman–Crippen MR) is 80.6 cm³/mol. The Hall–Kier alpha value is -0.555. The van der Waals surface area contributed by atoms with Gasteiger partial charge in [0.2, 0.25) is 0 Å². The Kier molecular flexibility index (Phi) is 9.96. The fraction of sp³-hybridized carbons (Fsp3) is 0.769. The number of nitriles is 1. The minimum atomic E-state index is -1.23. The van der Waals surface area contributed by atoms with Gasteiger partial charge in [-0.2, -0.15) is 5.26 Å². The van der Waals surface area contributed by atoms with Gasteiger partial charge in [-0.1, -0.05) is 12.9 Å². The van der Waals surface area contributed by atoms with Crippen LogP contribution in [0.5, 0.6) is 0 Å². The zero-order valence-electron chi connectivity index (χ0n) is 12.4. The van der Waals surface area contributed by atoms with Crippen LogP contribution in [0.4, 0.5) is 0 Å². The minimum absolute atomic E-state index is 0.151. The Morgan fingerprint density at radius 1 is 1.42 bits per heavy atom. The molecule has 0 saturated carbocycles. The lowest BCUT2D eigenvalue weighted by Gasteiger charge is -2.34. The highest BCUT2D eigenvalue weighted by atomic mass is 31.2. The second-order valence-electron chi connectivity index (χ2n) is 4.71. The molecule has 0 N–H and O–H groups in total. The van der Waals surface area contributed by atoms with Crippen molar-refractivity contribution in [3.8, 4) is 6.07 Å². The molecule has 0 spiro atoms. The number of nitrogens with zero attached hydrogens (tertiary/aromatic N) is 2. The van der Waals surface area contributed by atoms with Crippen molar-refractivity contribution in [1.29, 1.82) is 5.26 Å². The van der Waals surface area contributed by atoms with Gasteiger partial charge in [0.15, 0.2) is 0 Å². The summed E-state index contributed by atoms with van der Waals surface area (Å²) in [4.78, 5) is 0. The summed E-state index contributed by atoms with van der Waals surface area (Å²) in [6.07, 6.45) is 1.38. The highest BCUT2D eigenvalue weighted by molar-refractivity contribution is 7.44. The maximum Gasteiger partial charge on any atom is 0.289 e. The van der Waals surface area contributed by atoms with Crippen LogP contribution in [0.25, 0.3) is 0 Å². The standard InChI is InChI=1S/C13H24BN2O2P/c1-11(2)16(12(3)4)19(17-8-6-7-14)18-10-13(5)9-15/h12-13H,1,6-8,10H2,2-5H3. The highest BCUT2D eigenvalue weighted by Crippen LogP contribution is 2.47. The van der Waals surface area contributed by atoms with Gasteiger partial charge in [0.25, 0.3) is 8.53 Å². The average Bonchev–Trinajstić information content (AvgIpc) is 2.34. The van der Waals surface area contributed by atoms with E-state index in [0.29, 0.717) is 19.5 Å². The molecule has 0 fully saturated rings. The quantitative estimate of drug-likeness (QED) is 0.349. The molecule has 2 radical (unpaired) electrons. The molecule has 106 valence electrons. The van der Waals surface area contributed by atoms with Gasteiger partial charge in [-0.25, -0.2) is 0 Å². The molecule has 0 aliphatic carbocycles. The molecule has 0 aromatic heterocycles. The third kappa shape index (κ3) is 7.57. The van der Waals surface area contributed by atoms with Crippen LogP contribution in [-0.4, -0.2) is 31.8 Å². The normalized spacial score (nSPS) is 13.9. The summed E-state index contributed by atoms with van der Waals surface area (Å²) < 4.78 is 13.6. The van der Waals surface area contributed by atoms with E-state index in [1.807, 2.05) is 18.5 Å². The summed E-state index contributed by atoms with van der Waals surface area (Å²) in [5, 5.41) is 8.81. The van der Waals surface area contributed by atoms with Gasteiger partial charge in [0.1, 0.15) is 0 Å². The van der Waals surface area contributed by atoms with Crippen molar-refractivity contribution in [3.05, 3.63) is 12.3 Å². The topological polar surface area (TPSA) is 45.5 Å². The second kappa shape index (κ2) is 10.3. The molecule has 0 rings (SSSR count). The zero-order chi connectivity index (χ0) is 14.8. The molecule has 0 aromatic carbocycles. The fourth-order valence-electron chi connectivity index (χ4n) is 1.37. The third-order valence-electron chi connectivity index (χ3n) is 2.26. The monoisotopic (exact) mass is 282 g/mol. The first-order valence-electron chi connectivity index (χ1n) is 6.54. The van der Waals surface area contributed by atoms with Crippen molar-refractivity contribution in [1.82, 2.24) is 4.67 Å². The molecule has 0 aromatic rings. The van der Waals surface area contributed by atoms with Crippen LogP contribution in [-0.2, 0) is 9.05 Å². The summed E-state index contributed by atoms with van der Waals surface area (Å²) in [5.41, 5.74) is 0.901. The van der Waals surface area contributed by atoms with Crippen LogP contribution in [0.15, 0.2) is 12.3 Å². The Labute approximate surface area is 120 Å². The lowest BCUT2D eigenvalue weighted by atomic mass is 10.0. The van der Waals surface area contributed by atoms with Crippen molar-refractivity contribution in [2.45, 2.75) is 46.5 Å². The molecule has 0 bridgehead atoms. The van der Waals surface area contributed by atoms with E-state index in [4.69, 9.17) is 22.2 Å². The number of allylic oxidation sites excluding steroid dienone is 1. The smallest absolute Gasteiger partial charge is 0.289 e. The second-order valence-corrected chi connectivity index (χ2v) is 6.14. The molecule has 0 saturated heterocycles. The van der Waals surface area contributed by atoms with E-state index in [1.54, 1.807) is 0 Å². The van der Waals surface area contributed by atoms with E-state index in [-0.39, 0.29) is 12.0 Å². The SMILES string of the molecule is [B]CCCOP(OCC(C)C#N)N(C(=C)C)C(C)C. The van der Waals surface area contributed by atoms with E-state index in [1.165, 1.54) is 0 Å². The molecule has 2 unspecified atom stereocenters. The van der Waals surface area contributed by atoms with E-state index in [0.717, 1.165) is 12.1 Å². The van der Waals surface area contributed by atoms with Gasteiger partial charge in [0.05, 0.1) is 33.0 Å². The van der Waals surface area contributed by atoms with Gasteiger partial charge in [-0.15, -0.1) is 0 Å². The van der Waals surface area contributed by atoms with Crippen LogP contribution in [0, 0.1) is 17.2 Å². The van der Waals surface area contributed by atoms with Gasteiger partial charge < -0.3 is 13.7 Å². The Balaban J connectivity index is 4.62. The summed E-state index contributed by atoms with van der Waals surface area (Å²) >= 11 is 0. The number of hydrogen-bond donors (Lipinski definition) is 0. The molecule has 4 nitrogen and oxygen atoms in total. The van der Waals surface area contributed by atoms with Gasteiger partial charge in [-0.05, 0) is 34.1 Å². The first-order valence-corrected chi connectivity index (χ1v) is 7.67. The van der Waals surface area contributed by atoms with E-state index < -0.39 is 8.53 Å². The van der Waals surface area contributed by atoms with Crippen LogP contribution >= 0.6 is 8.53 Å². The lowest BCUT2D eigenvalue weighted by molar-refractivity contribution is 0.195. The molecule has 0 aliphatic rings. The van der Waals surface area contributed by atoms with Gasteiger partial charge in [0, 0.05) is 11.7 Å². The summed E-state index contributed by atoms with van der Waals surface area (Å²) in [7, 11) is 4.24. The van der Waals surface area contributed by atoms with Crippen molar-refractivity contribution < 1.29 is 9.05 Å². The molecule has 19 heavy (non-hydrogen) atoms. The van der Waals surface area contributed by atoms with E-state index >= 15 is 0 Å². The number of rotatable bonds is 10. The minimum Gasteiger partial charge on any atom is -0.318 e. The van der Waals surface area contributed by atoms with E-state index in [2.05, 4.69) is 26.5 Å². The van der Waals surface area contributed by atoms with Crippen molar-refractivity contribution >= 4 is 16.4 Å². The van der Waals surface area contributed by atoms with Crippen LogP contribution in [0.1, 0.15) is 34.1 Å². The number of hydrogen-bond acceptors (Lipinski definition) is 4. The van der Waals surface area contributed by atoms with Crippen LogP contribution in [0.3, 0.4) is 0 Å².